The number of ether oxygens (including phenoxy) is 1. The van der Waals surface area contributed by atoms with Gasteiger partial charge in [0.25, 0.3) is 0 Å². The molecule has 0 aromatic heterocycles. The molecule has 0 aromatic rings. The van der Waals surface area contributed by atoms with E-state index in [1.807, 2.05) is 12.2 Å². The quantitative estimate of drug-likeness (QED) is 0.335. The molecular weight excluding hydrogens is 485 g/mol. The van der Waals surface area contributed by atoms with Crippen molar-refractivity contribution >= 4 is 5.91 Å². The van der Waals surface area contributed by atoms with Crippen molar-refractivity contribution in [1.82, 2.24) is 5.32 Å². The van der Waals surface area contributed by atoms with Gasteiger partial charge in [-0.05, 0) is 67.1 Å². The maximum Gasteiger partial charge on any atom is 0.455 e. The number of allylic oxidation sites excluding steroid dienone is 4. The highest BCUT2D eigenvalue weighted by molar-refractivity contribution is 5.77. The van der Waals surface area contributed by atoms with E-state index in [0.29, 0.717) is 12.0 Å². The largest absolute Gasteiger partial charge is 0.455 e. The van der Waals surface area contributed by atoms with Crippen molar-refractivity contribution in [2.24, 2.45) is 11.3 Å². The van der Waals surface area contributed by atoms with Crippen LogP contribution >= 0.6 is 0 Å². The van der Waals surface area contributed by atoms with Crippen molar-refractivity contribution in [1.29, 1.82) is 0 Å². The summed E-state index contributed by atoms with van der Waals surface area (Å²) in [6, 6.07) is 0. The van der Waals surface area contributed by atoms with E-state index in [4.69, 9.17) is 4.74 Å². The van der Waals surface area contributed by atoms with Gasteiger partial charge in [0.1, 0.15) is 6.61 Å². The molecule has 3 N–H and O–H groups in total. The van der Waals surface area contributed by atoms with Crippen LogP contribution in [-0.2, 0) is 9.53 Å². The number of hydrogen-bond acceptors (Lipinski definition) is 4. The Morgan fingerprint density at radius 3 is 2.67 bits per heavy atom. The zero-order chi connectivity index (χ0) is 26.9. The molecule has 0 aromatic carbocycles. The van der Waals surface area contributed by atoms with Gasteiger partial charge >= 0.3 is 12.1 Å². The summed E-state index contributed by atoms with van der Waals surface area (Å²) < 4.78 is 68.4. The molecule has 2 fully saturated rings. The van der Waals surface area contributed by atoms with Crippen LogP contribution in [0.4, 0.5) is 22.0 Å². The monoisotopic (exact) mass is 519 g/mol. The first-order chi connectivity index (χ1) is 16.7. The predicted octanol–water partition coefficient (Wildman–Crippen LogP) is 4.77. The van der Waals surface area contributed by atoms with Crippen molar-refractivity contribution in [2.75, 3.05) is 13.2 Å². The first-order valence-electron chi connectivity index (χ1n) is 12.1. The van der Waals surface area contributed by atoms with Gasteiger partial charge in [0.15, 0.2) is 0 Å². The second-order valence-corrected chi connectivity index (χ2v) is 10.2. The molecule has 2 saturated carbocycles. The van der Waals surface area contributed by atoms with Crippen LogP contribution in [-0.4, -0.2) is 59.7 Å². The van der Waals surface area contributed by atoms with Crippen LogP contribution in [0.1, 0.15) is 52.4 Å². The lowest BCUT2D eigenvalue weighted by atomic mass is 9.63. The molecule has 0 saturated heterocycles. The summed E-state index contributed by atoms with van der Waals surface area (Å²) in [7, 11) is 0. The van der Waals surface area contributed by atoms with Gasteiger partial charge in [-0.15, -0.1) is 0 Å². The van der Waals surface area contributed by atoms with Crippen LogP contribution in [0.25, 0.3) is 0 Å². The lowest BCUT2D eigenvalue weighted by molar-refractivity contribution is -0.278. The predicted molar refractivity (Wildman–Crippen MR) is 124 cm³/mol. The van der Waals surface area contributed by atoms with Gasteiger partial charge in [-0.2, -0.15) is 22.0 Å². The number of alkyl halides is 5. The Morgan fingerprint density at radius 2 is 2.00 bits per heavy atom. The van der Waals surface area contributed by atoms with Crippen LogP contribution in [0.15, 0.2) is 47.1 Å². The molecule has 3 aliphatic carbocycles. The number of carbonyl (C=O) groups excluding carboxylic acids is 1. The summed E-state index contributed by atoms with van der Waals surface area (Å²) in [6.07, 6.45) is 2.58. The van der Waals surface area contributed by atoms with Gasteiger partial charge in [0, 0.05) is 6.42 Å². The number of hydrogen-bond donors (Lipinski definition) is 3. The Bertz CT molecular complexity index is 954. The van der Waals surface area contributed by atoms with E-state index in [0.717, 1.165) is 36.8 Å². The minimum atomic E-state index is -5.74. The van der Waals surface area contributed by atoms with Gasteiger partial charge in [0.05, 0.1) is 24.9 Å². The second-order valence-electron chi connectivity index (χ2n) is 10.2. The third-order valence-electron chi connectivity index (χ3n) is 7.70. The molecule has 3 aliphatic rings. The Balaban J connectivity index is 1.62. The normalized spacial score (nSPS) is 32.4. The lowest BCUT2D eigenvalue weighted by Crippen LogP contribution is -2.47. The van der Waals surface area contributed by atoms with Crippen molar-refractivity contribution in [2.45, 2.75) is 82.8 Å². The van der Waals surface area contributed by atoms with Crippen molar-refractivity contribution < 1.29 is 41.7 Å². The summed E-state index contributed by atoms with van der Waals surface area (Å²) in [5.41, 5.74) is 3.40. The van der Waals surface area contributed by atoms with Crippen LogP contribution in [0.3, 0.4) is 0 Å². The fourth-order valence-corrected chi connectivity index (χ4v) is 5.60. The number of rotatable bonds is 7. The minimum Gasteiger partial charge on any atom is -0.393 e. The third-order valence-corrected chi connectivity index (χ3v) is 7.70. The molecule has 1 amide bonds. The third kappa shape index (κ3) is 6.08. The lowest BCUT2D eigenvalue weighted by Gasteiger charge is -2.42. The molecule has 0 radical (unpaired) electrons. The topological polar surface area (TPSA) is 78.8 Å². The highest BCUT2D eigenvalue weighted by atomic mass is 19.4. The van der Waals surface area contributed by atoms with Crippen LogP contribution in [0, 0.1) is 11.3 Å². The van der Waals surface area contributed by atoms with Gasteiger partial charge in [-0.3, -0.25) is 4.79 Å². The zero-order valence-electron chi connectivity index (χ0n) is 20.5. The smallest absolute Gasteiger partial charge is 0.393 e. The molecule has 10 heteroatoms. The molecule has 0 aliphatic heterocycles. The maximum absolute atomic E-state index is 13.0. The number of fused-ring (bicyclic) bond motifs is 1. The molecule has 3 unspecified atom stereocenters. The van der Waals surface area contributed by atoms with E-state index in [-0.39, 0.29) is 17.8 Å². The highest BCUT2D eigenvalue weighted by Gasteiger charge is 2.57. The number of amides is 1. The summed E-state index contributed by atoms with van der Waals surface area (Å²) in [6.45, 7) is 5.34. The molecule has 5 nitrogen and oxygen atoms in total. The Hall–Kier alpha value is -2.04. The van der Waals surface area contributed by atoms with Crippen LogP contribution in [0.2, 0.25) is 0 Å². The van der Waals surface area contributed by atoms with Gasteiger partial charge in [-0.1, -0.05) is 37.3 Å². The van der Waals surface area contributed by atoms with E-state index in [1.165, 1.54) is 5.57 Å². The summed E-state index contributed by atoms with van der Waals surface area (Å²) in [5.74, 6) is -5.86. The molecule has 3 rings (SSSR count). The Kier molecular flexibility index (Phi) is 8.52. The number of nitrogens with one attached hydrogen (secondary N) is 1. The number of aliphatic hydroxyl groups is 2. The fraction of sp³-hybridized carbons (Fsp3) is 0.654. The Morgan fingerprint density at radius 1 is 1.31 bits per heavy atom. The van der Waals surface area contributed by atoms with Crippen molar-refractivity contribution in [3.05, 3.63) is 47.1 Å². The second kappa shape index (κ2) is 10.8. The van der Waals surface area contributed by atoms with E-state index in [1.54, 1.807) is 12.2 Å². The van der Waals surface area contributed by atoms with Gasteiger partial charge < -0.3 is 20.3 Å². The SMILES string of the molecule is C=C1/C(=C\C=C2/CCC[C@]3(C)C([C@H](C)OCC(=O)NCC(F)(F)C(F)(F)F)=CCC23)CC(O)CC1O. The van der Waals surface area contributed by atoms with E-state index >= 15 is 0 Å². The summed E-state index contributed by atoms with van der Waals surface area (Å²) >= 11 is 0. The number of carbonyl (C=O) groups is 1. The van der Waals surface area contributed by atoms with Crippen molar-refractivity contribution in [3.8, 4) is 0 Å². The van der Waals surface area contributed by atoms with Crippen LogP contribution < -0.4 is 5.32 Å². The molecule has 36 heavy (non-hydrogen) atoms. The zero-order valence-corrected chi connectivity index (χ0v) is 20.5. The average Bonchev–Trinajstić information content (AvgIpc) is 3.14. The van der Waals surface area contributed by atoms with Crippen molar-refractivity contribution in [3.63, 3.8) is 0 Å². The van der Waals surface area contributed by atoms with Gasteiger partial charge in [-0.25, -0.2) is 0 Å². The number of aliphatic hydroxyl groups excluding tert-OH is 2. The molecular formula is C26H34F5NO4. The van der Waals surface area contributed by atoms with Gasteiger partial charge in [0.2, 0.25) is 5.91 Å². The molecule has 202 valence electrons. The van der Waals surface area contributed by atoms with E-state index < -0.39 is 49.5 Å². The number of halogens is 5. The Labute approximate surface area is 207 Å². The maximum atomic E-state index is 13.0. The van der Waals surface area contributed by atoms with Crippen LogP contribution in [0.5, 0.6) is 0 Å². The molecule has 0 bridgehead atoms. The minimum absolute atomic E-state index is 0.190. The average molecular weight is 520 g/mol. The molecule has 0 heterocycles. The van der Waals surface area contributed by atoms with E-state index in [9.17, 15) is 37.0 Å². The molecule has 0 spiro atoms. The first kappa shape index (κ1) is 28.5. The highest BCUT2D eigenvalue weighted by Crippen LogP contribution is 2.55. The van der Waals surface area contributed by atoms with E-state index in [2.05, 4.69) is 19.6 Å². The first-order valence-corrected chi connectivity index (χ1v) is 12.1. The summed E-state index contributed by atoms with van der Waals surface area (Å²) in [5, 5.41) is 21.7. The molecule has 5 atom stereocenters. The summed E-state index contributed by atoms with van der Waals surface area (Å²) in [4.78, 5) is 11.8. The fourth-order valence-electron chi connectivity index (χ4n) is 5.60. The standard InChI is InChI=1S/C26H34F5NO4/c1-15-18(11-19(33)12-22(15)34)7-6-17-5-4-10-24(3)20(8-9-21(17)24)16(2)36-13-23(35)32-14-25(27,28)26(29,30)31/h6-8,16,19,21-22,33-34H,1,4-5,9-14H2,2-3H3,(H,32,35)/b17-6+,18-7-/t16-,19?,21?,22?,24+/m0/s1.